The van der Waals surface area contributed by atoms with E-state index in [1.165, 1.54) is 0 Å². The molecule has 0 radical (unpaired) electrons. The molecule has 2 aromatic heterocycles. The van der Waals surface area contributed by atoms with Crippen LogP contribution in [0.2, 0.25) is 18.1 Å². The van der Waals surface area contributed by atoms with Gasteiger partial charge in [-0.2, -0.15) is 0 Å². The number of halogens is 1. The fourth-order valence-electron chi connectivity index (χ4n) is 5.44. The molecule has 0 unspecified atom stereocenters. The largest absolute Gasteiger partial charge is 0.497 e. The summed E-state index contributed by atoms with van der Waals surface area (Å²) in [6.07, 6.45) is 0.764. The normalized spacial score (nSPS) is 14.4. The number of fused-ring (bicyclic) bond motifs is 4. The van der Waals surface area contributed by atoms with Crippen molar-refractivity contribution in [2.45, 2.75) is 38.9 Å². The van der Waals surface area contributed by atoms with Crippen molar-refractivity contribution in [1.29, 1.82) is 0 Å². The number of aryl methyl sites for hydroxylation is 1. The molecule has 1 aliphatic heterocycles. The molecule has 1 aliphatic rings. The van der Waals surface area contributed by atoms with Crippen LogP contribution >= 0.6 is 11.6 Å². The highest BCUT2D eigenvalue weighted by atomic mass is 35.5. The van der Waals surface area contributed by atoms with Gasteiger partial charge in [-0.15, -0.1) is 10.2 Å². The van der Waals surface area contributed by atoms with Crippen LogP contribution in [0.15, 0.2) is 77.8 Å². The van der Waals surface area contributed by atoms with E-state index in [1.54, 1.807) is 7.11 Å². The molecular weight excluding hydrogens is 592 g/mol. The standard InChI is InChI=1S/C33H33ClN6O3Si/c1-20-38-39-33-28(19-30(41)35-16-15-21-5-12-27-23(17-21)8-14-31(36-27)44(3,4)42)37-32(22-6-9-24(34)10-7-22)26-18-25(43-2)11-13-29(26)40(20)33/h5-14,17-18,28,42H,15-16,19H2,1-4H3,(H,35,41)/t28-/m0/s1. The number of pyridine rings is 1. The summed E-state index contributed by atoms with van der Waals surface area (Å²) >= 11 is 6.20. The number of nitrogens with zero attached hydrogens (tertiary/aromatic N) is 5. The summed E-state index contributed by atoms with van der Waals surface area (Å²) in [7, 11) is -0.849. The number of methoxy groups -OCH3 is 1. The average Bonchev–Trinajstić information content (AvgIpc) is 3.33. The van der Waals surface area contributed by atoms with Crippen LogP contribution in [0.25, 0.3) is 16.6 Å². The van der Waals surface area contributed by atoms with E-state index in [0.29, 0.717) is 35.4 Å². The van der Waals surface area contributed by atoms with E-state index in [1.807, 2.05) is 91.3 Å². The summed E-state index contributed by atoms with van der Waals surface area (Å²) in [6, 6.07) is 22.7. The Balaban J connectivity index is 1.24. The number of benzene rings is 3. The molecular formula is C33H33ClN6O3Si. The summed E-state index contributed by atoms with van der Waals surface area (Å²) in [5, 5.41) is 14.3. The van der Waals surface area contributed by atoms with Crippen molar-refractivity contribution in [3.05, 3.63) is 106 Å². The summed E-state index contributed by atoms with van der Waals surface area (Å²) in [6.45, 7) is 6.08. The second-order valence-electron chi connectivity index (χ2n) is 11.4. The molecule has 3 aromatic carbocycles. The van der Waals surface area contributed by atoms with Gasteiger partial charge in [0, 0.05) is 28.1 Å². The highest BCUT2D eigenvalue weighted by molar-refractivity contribution is 6.82. The zero-order valence-corrected chi connectivity index (χ0v) is 26.8. The zero-order chi connectivity index (χ0) is 31.0. The summed E-state index contributed by atoms with van der Waals surface area (Å²) < 4.78 is 7.51. The van der Waals surface area contributed by atoms with E-state index in [-0.39, 0.29) is 12.3 Å². The van der Waals surface area contributed by atoms with Gasteiger partial charge in [0.05, 0.1) is 35.8 Å². The SMILES string of the molecule is COc1ccc2c(c1)C(c1ccc(Cl)cc1)=N[C@@H](CC(=O)NCCc1ccc3nc([Si](C)(C)O)ccc3c1)c1nnc(C)n1-2. The molecule has 11 heteroatoms. The first kappa shape index (κ1) is 29.7. The number of carbonyl (C=O) groups is 1. The molecule has 0 bridgehead atoms. The highest BCUT2D eigenvalue weighted by Gasteiger charge is 2.30. The minimum Gasteiger partial charge on any atom is -0.497 e. The molecule has 6 rings (SSSR count). The first-order valence-electron chi connectivity index (χ1n) is 14.4. The third kappa shape index (κ3) is 6.01. The van der Waals surface area contributed by atoms with Gasteiger partial charge in [-0.3, -0.25) is 19.3 Å². The van der Waals surface area contributed by atoms with Gasteiger partial charge in [-0.1, -0.05) is 35.9 Å². The van der Waals surface area contributed by atoms with Crippen LogP contribution in [0.4, 0.5) is 0 Å². The van der Waals surface area contributed by atoms with Crippen molar-refractivity contribution >= 4 is 47.8 Å². The number of hydrogen-bond donors (Lipinski definition) is 2. The number of aliphatic imine (C=N–C) groups is 1. The number of ether oxygens (including phenoxy) is 1. The Morgan fingerprint density at radius 2 is 1.84 bits per heavy atom. The second-order valence-corrected chi connectivity index (χ2v) is 15.5. The van der Waals surface area contributed by atoms with Crippen LogP contribution in [-0.4, -0.2) is 58.1 Å². The molecule has 1 atom stereocenters. The molecule has 0 spiro atoms. The van der Waals surface area contributed by atoms with Crippen molar-refractivity contribution in [2.75, 3.05) is 13.7 Å². The maximum absolute atomic E-state index is 13.3. The van der Waals surface area contributed by atoms with Crippen LogP contribution in [0.1, 0.15) is 40.8 Å². The monoisotopic (exact) mass is 624 g/mol. The molecule has 0 fully saturated rings. The summed E-state index contributed by atoms with van der Waals surface area (Å²) in [4.78, 5) is 33.5. The van der Waals surface area contributed by atoms with Gasteiger partial charge in [-0.25, -0.2) is 0 Å². The van der Waals surface area contributed by atoms with E-state index in [9.17, 15) is 9.59 Å². The molecule has 0 aliphatic carbocycles. The van der Waals surface area contributed by atoms with Crippen LogP contribution in [0.3, 0.4) is 0 Å². The van der Waals surface area contributed by atoms with Gasteiger partial charge < -0.3 is 14.8 Å². The van der Waals surface area contributed by atoms with Gasteiger partial charge >= 0.3 is 0 Å². The van der Waals surface area contributed by atoms with E-state index in [4.69, 9.17) is 21.3 Å². The highest BCUT2D eigenvalue weighted by Crippen LogP contribution is 2.34. The van der Waals surface area contributed by atoms with Gasteiger partial charge in [0.25, 0.3) is 0 Å². The van der Waals surface area contributed by atoms with Gasteiger partial charge in [0.2, 0.25) is 14.2 Å². The quantitative estimate of drug-likeness (QED) is 0.239. The van der Waals surface area contributed by atoms with Crippen LogP contribution < -0.4 is 15.4 Å². The Hall–Kier alpha value is -4.38. The number of carbonyl (C=O) groups excluding carboxylic acids is 1. The fourth-order valence-corrected chi connectivity index (χ4v) is 6.45. The number of rotatable bonds is 8. The van der Waals surface area contributed by atoms with Crippen LogP contribution in [0.5, 0.6) is 5.75 Å². The predicted octanol–water partition coefficient (Wildman–Crippen LogP) is 4.83. The molecule has 3 heterocycles. The van der Waals surface area contributed by atoms with Gasteiger partial charge in [0.15, 0.2) is 5.82 Å². The van der Waals surface area contributed by atoms with Crippen LogP contribution in [0, 0.1) is 6.92 Å². The van der Waals surface area contributed by atoms with Gasteiger partial charge in [-0.05, 0) is 80.5 Å². The number of nitrogens with one attached hydrogen (secondary N) is 1. The lowest BCUT2D eigenvalue weighted by molar-refractivity contribution is -0.121. The Kier molecular flexibility index (Phi) is 8.06. The molecule has 224 valence electrons. The lowest BCUT2D eigenvalue weighted by Crippen LogP contribution is -2.43. The molecule has 5 aromatic rings. The van der Waals surface area contributed by atoms with Crippen molar-refractivity contribution < 1.29 is 14.3 Å². The summed E-state index contributed by atoms with van der Waals surface area (Å²) in [5.41, 5.74) is 5.24. The topological polar surface area (TPSA) is 115 Å². The first-order valence-corrected chi connectivity index (χ1v) is 17.8. The van der Waals surface area contributed by atoms with E-state index < -0.39 is 14.4 Å². The second kappa shape index (κ2) is 12.0. The minimum absolute atomic E-state index is 0.103. The maximum Gasteiger partial charge on any atom is 0.233 e. The van der Waals surface area contributed by atoms with E-state index >= 15 is 0 Å². The smallest absolute Gasteiger partial charge is 0.233 e. The summed E-state index contributed by atoms with van der Waals surface area (Å²) in [5.74, 6) is 1.86. The number of hydrogen-bond acceptors (Lipinski definition) is 7. The average molecular weight is 625 g/mol. The van der Waals surface area contributed by atoms with Crippen molar-refractivity contribution in [1.82, 2.24) is 25.1 Å². The third-order valence-corrected chi connectivity index (χ3v) is 9.53. The Morgan fingerprint density at radius 3 is 2.59 bits per heavy atom. The molecule has 0 saturated heterocycles. The molecule has 44 heavy (non-hydrogen) atoms. The predicted molar refractivity (Wildman–Crippen MR) is 175 cm³/mol. The van der Waals surface area contributed by atoms with Crippen molar-refractivity contribution in [3.8, 4) is 11.4 Å². The third-order valence-electron chi connectivity index (χ3n) is 7.75. The van der Waals surface area contributed by atoms with Crippen molar-refractivity contribution in [3.63, 3.8) is 0 Å². The van der Waals surface area contributed by atoms with E-state index in [0.717, 1.165) is 44.3 Å². The molecule has 2 N–H and O–H groups in total. The lowest BCUT2D eigenvalue weighted by Gasteiger charge is -2.14. The Morgan fingerprint density at radius 1 is 1.05 bits per heavy atom. The Bertz CT molecular complexity index is 1900. The lowest BCUT2D eigenvalue weighted by atomic mass is 10.00. The van der Waals surface area contributed by atoms with Gasteiger partial charge in [0.1, 0.15) is 17.6 Å². The Labute approximate surface area is 261 Å². The molecule has 9 nitrogen and oxygen atoms in total. The first-order chi connectivity index (χ1) is 21.1. The van der Waals surface area contributed by atoms with Crippen LogP contribution in [-0.2, 0) is 11.2 Å². The molecule has 1 amide bonds. The number of aromatic nitrogens is 4. The van der Waals surface area contributed by atoms with Crippen molar-refractivity contribution in [2.24, 2.45) is 4.99 Å². The zero-order valence-electron chi connectivity index (χ0n) is 25.0. The minimum atomic E-state index is -2.48. The maximum atomic E-state index is 13.3. The fraction of sp³-hybridized carbons (Fsp3) is 0.242. The number of amides is 1. The van der Waals surface area contributed by atoms with E-state index in [2.05, 4.69) is 26.6 Å². The molecule has 0 saturated carbocycles.